The zero-order chi connectivity index (χ0) is 9.80. The van der Waals surface area contributed by atoms with Gasteiger partial charge in [-0.05, 0) is 18.1 Å². The van der Waals surface area contributed by atoms with Gasteiger partial charge in [0, 0.05) is 31.0 Å². The summed E-state index contributed by atoms with van der Waals surface area (Å²) in [4.78, 5) is 3.02. The largest absolute Gasteiger partial charge is 0.379 e. The molecule has 0 aromatic carbocycles. The summed E-state index contributed by atoms with van der Waals surface area (Å²) in [6.07, 6.45) is 4.78. The summed E-state index contributed by atoms with van der Waals surface area (Å²) in [6.45, 7) is 2.53. The molecule has 4 N–H and O–H groups in total. The van der Waals surface area contributed by atoms with Crippen LogP contribution in [0, 0.1) is 0 Å². The molecule has 0 bridgehead atoms. The second kappa shape index (κ2) is 4.59. The monoisotopic (exact) mass is 195 g/mol. The number of nitrogens with two attached hydrogens (primary N) is 1. The Hall–Kier alpha value is -0.840. The SMILES string of the molecule is NC(CC1COCCN1)c1cc[nH]c1. The minimum Gasteiger partial charge on any atom is -0.379 e. The first-order valence-corrected chi connectivity index (χ1v) is 5.05. The van der Waals surface area contributed by atoms with E-state index in [1.165, 1.54) is 0 Å². The summed E-state index contributed by atoms with van der Waals surface area (Å²) in [5, 5.41) is 3.40. The number of ether oxygens (including phenoxy) is 1. The minimum atomic E-state index is 0.0976. The van der Waals surface area contributed by atoms with Gasteiger partial charge in [-0.2, -0.15) is 0 Å². The first kappa shape index (κ1) is 9.71. The lowest BCUT2D eigenvalue weighted by Gasteiger charge is -2.25. The summed E-state index contributed by atoms with van der Waals surface area (Å²) in [5.41, 5.74) is 7.22. The van der Waals surface area contributed by atoms with Crippen molar-refractivity contribution in [2.24, 2.45) is 5.73 Å². The van der Waals surface area contributed by atoms with E-state index in [0.717, 1.165) is 31.7 Å². The van der Waals surface area contributed by atoms with Gasteiger partial charge in [-0.25, -0.2) is 0 Å². The highest BCUT2D eigenvalue weighted by Gasteiger charge is 2.17. The highest BCUT2D eigenvalue weighted by Crippen LogP contribution is 2.15. The Morgan fingerprint density at radius 3 is 3.21 bits per heavy atom. The number of hydrogen-bond donors (Lipinski definition) is 3. The number of morpholine rings is 1. The second-order valence-corrected chi connectivity index (χ2v) is 3.71. The van der Waals surface area contributed by atoms with Gasteiger partial charge >= 0.3 is 0 Å². The Kier molecular flexibility index (Phi) is 3.18. The fourth-order valence-electron chi connectivity index (χ4n) is 1.78. The Bertz CT molecular complexity index is 254. The van der Waals surface area contributed by atoms with Gasteiger partial charge in [-0.15, -0.1) is 0 Å². The van der Waals surface area contributed by atoms with Gasteiger partial charge in [0.25, 0.3) is 0 Å². The molecule has 2 atom stereocenters. The molecule has 1 aromatic rings. The Balaban J connectivity index is 1.84. The van der Waals surface area contributed by atoms with Crippen molar-refractivity contribution in [1.29, 1.82) is 0 Å². The maximum atomic E-state index is 6.05. The maximum Gasteiger partial charge on any atom is 0.0620 e. The van der Waals surface area contributed by atoms with Crippen molar-refractivity contribution in [3.8, 4) is 0 Å². The van der Waals surface area contributed by atoms with Gasteiger partial charge < -0.3 is 20.8 Å². The van der Waals surface area contributed by atoms with Crippen molar-refractivity contribution in [1.82, 2.24) is 10.3 Å². The molecule has 1 aromatic heterocycles. The second-order valence-electron chi connectivity index (χ2n) is 3.71. The predicted molar refractivity (Wildman–Crippen MR) is 54.9 cm³/mol. The van der Waals surface area contributed by atoms with Crippen LogP contribution in [0.4, 0.5) is 0 Å². The van der Waals surface area contributed by atoms with E-state index in [2.05, 4.69) is 10.3 Å². The molecule has 2 heterocycles. The van der Waals surface area contributed by atoms with Crippen molar-refractivity contribution in [3.63, 3.8) is 0 Å². The number of aromatic amines is 1. The van der Waals surface area contributed by atoms with E-state index in [4.69, 9.17) is 10.5 Å². The number of rotatable bonds is 3. The van der Waals surface area contributed by atoms with Gasteiger partial charge in [0.2, 0.25) is 0 Å². The van der Waals surface area contributed by atoms with Gasteiger partial charge in [0.1, 0.15) is 0 Å². The van der Waals surface area contributed by atoms with E-state index in [9.17, 15) is 0 Å². The first-order chi connectivity index (χ1) is 6.86. The van der Waals surface area contributed by atoms with Crippen LogP contribution >= 0.6 is 0 Å². The van der Waals surface area contributed by atoms with Gasteiger partial charge in [0.05, 0.1) is 13.2 Å². The smallest absolute Gasteiger partial charge is 0.0620 e. The third kappa shape index (κ3) is 2.35. The molecule has 1 aliphatic rings. The highest BCUT2D eigenvalue weighted by atomic mass is 16.5. The summed E-state index contributed by atoms with van der Waals surface area (Å²) in [7, 11) is 0. The molecule has 0 amide bonds. The molecular formula is C10H17N3O. The summed E-state index contributed by atoms with van der Waals surface area (Å²) in [5.74, 6) is 0. The van der Waals surface area contributed by atoms with E-state index >= 15 is 0 Å². The molecule has 0 saturated carbocycles. The Labute approximate surface area is 83.8 Å². The maximum absolute atomic E-state index is 6.05. The summed E-state index contributed by atoms with van der Waals surface area (Å²) >= 11 is 0. The number of nitrogens with one attached hydrogen (secondary N) is 2. The topological polar surface area (TPSA) is 63.1 Å². The van der Waals surface area contributed by atoms with Crippen LogP contribution in [0.25, 0.3) is 0 Å². The van der Waals surface area contributed by atoms with Gasteiger partial charge in [-0.1, -0.05) is 0 Å². The van der Waals surface area contributed by atoms with Crippen molar-refractivity contribution in [2.45, 2.75) is 18.5 Å². The van der Waals surface area contributed by atoms with Gasteiger partial charge in [-0.3, -0.25) is 0 Å². The number of aromatic nitrogens is 1. The lowest BCUT2D eigenvalue weighted by Crippen LogP contribution is -2.42. The van der Waals surface area contributed by atoms with E-state index in [-0.39, 0.29) is 6.04 Å². The average molecular weight is 195 g/mol. The molecule has 78 valence electrons. The predicted octanol–water partition coefficient (Wildman–Crippen LogP) is 0.393. The normalized spacial score (nSPS) is 24.8. The summed E-state index contributed by atoms with van der Waals surface area (Å²) < 4.78 is 5.37. The lowest BCUT2D eigenvalue weighted by molar-refractivity contribution is 0.0720. The first-order valence-electron chi connectivity index (χ1n) is 5.05. The van der Waals surface area contributed by atoms with E-state index in [1.807, 2.05) is 18.5 Å². The van der Waals surface area contributed by atoms with Gasteiger partial charge in [0.15, 0.2) is 0 Å². The molecule has 4 nitrogen and oxygen atoms in total. The van der Waals surface area contributed by atoms with Crippen LogP contribution in [-0.2, 0) is 4.74 Å². The minimum absolute atomic E-state index is 0.0976. The number of H-pyrrole nitrogens is 1. The van der Waals surface area contributed by atoms with E-state index in [1.54, 1.807) is 0 Å². The van der Waals surface area contributed by atoms with Crippen molar-refractivity contribution >= 4 is 0 Å². The molecular weight excluding hydrogens is 178 g/mol. The third-order valence-corrected chi connectivity index (χ3v) is 2.59. The van der Waals surface area contributed by atoms with Crippen LogP contribution in [0.3, 0.4) is 0 Å². The fraction of sp³-hybridized carbons (Fsp3) is 0.600. The molecule has 2 rings (SSSR count). The molecule has 1 fully saturated rings. The molecule has 1 saturated heterocycles. The molecule has 0 aliphatic carbocycles. The Morgan fingerprint density at radius 2 is 2.57 bits per heavy atom. The molecule has 0 radical (unpaired) electrons. The zero-order valence-corrected chi connectivity index (χ0v) is 8.20. The quantitative estimate of drug-likeness (QED) is 0.654. The van der Waals surface area contributed by atoms with Crippen molar-refractivity contribution in [2.75, 3.05) is 19.8 Å². The highest BCUT2D eigenvalue weighted by molar-refractivity contribution is 5.13. The lowest BCUT2D eigenvalue weighted by atomic mass is 10.0. The Morgan fingerprint density at radius 1 is 1.64 bits per heavy atom. The van der Waals surface area contributed by atoms with E-state index < -0.39 is 0 Å². The third-order valence-electron chi connectivity index (χ3n) is 2.59. The molecule has 2 unspecified atom stereocenters. The molecule has 1 aliphatic heterocycles. The van der Waals surface area contributed by atoms with Crippen LogP contribution < -0.4 is 11.1 Å². The number of hydrogen-bond acceptors (Lipinski definition) is 3. The van der Waals surface area contributed by atoms with Crippen molar-refractivity contribution in [3.05, 3.63) is 24.0 Å². The van der Waals surface area contributed by atoms with Crippen LogP contribution in [-0.4, -0.2) is 30.8 Å². The van der Waals surface area contributed by atoms with Crippen LogP contribution in [0.1, 0.15) is 18.0 Å². The molecule has 0 spiro atoms. The average Bonchev–Trinajstić information content (AvgIpc) is 2.72. The summed E-state index contributed by atoms with van der Waals surface area (Å²) in [6, 6.07) is 2.52. The van der Waals surface area contributed by atoms with Crippen LogP contribution in [0.2, 0.25) is 0 Å². The van der Waals surface area contributed by atoms with Crippen LogP contribution in [0.5, 0.6) is 0 Å². The van der Waals surface area contributed by atoms with E-state index in [0.29, 0.717) is 6.04 Å². The van der Waals surface area contributed by atoms with Crippen LogP contribution in [0.15, 0.2) is 18.5 Å². The van der Waals surface area contributed by atoms with Crippen molar-refractivity contribution < 1.29 is 4.74 Å². The standard InChI is InChI=1S/C10H17N3O/c11-10(8-1-2-12-6-8)5-9-7-14-4-3-13-9/h1-2,6,9-10,12-13H,3-5,7,11H2. The molecule has 14 heavy (non-hydrogen) atoms. The zero-order valence-electron chi connectivity index (χ0n) is 8.20. The fourth-order valence-corrected chi connectivity index (χ4v) is 1.78. The molecule has 4 heteroatoms.